The molecule has 1 heterocycles. The van der Waals surface area contributed by atoms with Crippen molar-refractivity contribution in [3.05, 3.63) is 0 Å². The van der Waals surface area contributed by atoms with Crippen LogP contribution in [0.5, 0.6) is 0 Å². The summed E-state index contributed by atoms with van der Waals surface area (Å²) in [5.41, 5.74) is 5.96. The van der Waals surface area contributed by atoms with Crippen LogP contribution in [-0.2, 0) is 9.53 Å². The van der Waals surface area contributed by atoms with Crippen LogP contribution in [0, 0.1) is 5.41 Å². The number of hydrogen-bond acceptors (Lipinski definition) is 3. The van der Waals surface area contributed by atoms with Crippen molar-refractivity contribution in [2.45, 2.75) is 51.0 Å². The van der Waals surface area contributed by atoms with E-state index in [2.05, 4.69) is 5.32 Å². The zero-order valence-electron chi connectivity index (χ0n) is 11.0. The fourth-order valence-electron chi connectivity index (χ4n) is 3.02. The molecule has 106 valence electrons. The van der Waals surface area contributed by atoms with Crippen LogP contribution in [0.15, 0.2) is 0 Å². The molecule has 1 atom stereocenters. The summed E-state index contributed by atoms with van der Waals surface area (Å²) >= 11 is 0. The second-order valence-electron chi connectivity index (χ2n) is 5.57. The van der Waals surface area contributed by atoms with Crippen molar-refractivity contribution in [1.82, 2.24) is 5.32 Å². The second kappa shape index (κ2) is 7.31. The Hall–Kier alpha value is -0.320. The van der Waals surface area contributed by atoms with Crippen LogP contribution in [0.3, 0.4) is 0 Å². The number of amides is 1. The number of nitrogens with one attached hydrogen (secondary N) is 1. The molecule has 5 heteroatoms. The molecule has 0 spiro atoms. The van der Waals surface area contributed by atoms with Gasteiger partial charge in [-0.05, 0) is 31.2 Å². The summed E-state index contributed by atoms with van der Waals surface area (Å²) in [4.78, 5) is 12.0. The minimum atomic E-state index is 0. The highest BCUT2D eigenvalue weighted by Crippen LogP contribution is 2.38. The highest BCUT2D eigenvalue weighted by Gasteiger charge is 2.33. The minimum Gasteiger partial charge on any atom is -0.379 e. The molecule has 0 aromatic rings. The van der Waals surface area contributed by atoms with E-state index in [1.54, 1.807) is 0 Å². The molecule has 4 nitrogen and oxygen atoms in total. The third-order valence-electron chi connectivity index (χ3n) is 4.18. The van der Waals surface area contributed by atoms with Gasteiger partial charge in [0.15, 0.2) is 0 Å². The number of carbonyl (C=O) groups is 1. The third-order valence-corrected chi connectivity index (χ3v) is 4.18. The zero-order valence-corrected chi connectivity index (χ0v) is 11.8. The Balaban J connectivity index is 0.00000162. The monoisotopic (exact) mass is 276 g/mol. The molecule has 1 saturated heterocycles. The van der Waals surface area contributed by atoms with E-state index in [1.165, 1.54) is 19.3 Å². The van der Waals surface area contributed by atoms with Gasteiger partial charge in [0.1, 0.15) is 0 Å². The maximum Gasteiger partial charge on any atom is 0.220 e. The lowest BCUT2D eigenvalue weighted by Gasteiger charge is -2.35. The molecule has 1 unspecified atom stereocenters. The predicted octanol–water partition coefficient (Wildman–Crippen LogP) is 1.61. The average Bonchev–Trinajstić information content (AvgIpc) is 2.83. The molecule has 3 N–H and O–H groups in total. The predicted molar refractivity (Wildman–Crippen MR) is 73.8 cm³/mol. The summed E-state index contributed by atoms with van der Waals surface area (Å²) in [7, 11) is 0. The molecule has 1 aliphatic heterocycles. The molecule has 1 amide bonds. The molecule has 18 heavy (non-hydrogen) atoms. The van der Waals surface area contributed by atoms with Crippen molar-refractivity contribution in [1.29, 1.82) is 0 Å². The first kappa shape index (κ1) is 15.7. The first-order chi connectivity index (χ1) is 8.24. The van der Waals surface area contributed by atoms with Gasteiger partial charge in [0.05, 0.1) is 12.6 Å². The van der Waals surface area contributed by atoms with Gasteiger partial charge in [-0.15, -0.1) is 12.4 Å². The Kier molecular flexibility index (Phi) is 6.39. The molecule has 1 aliphatic carbocycles. The van der Waals surface area contributed by atoms with Crippen LogP contribution in [0.25, 0.3) is 0 Å². The lowest BCUT2D eigenvalue weighted by atomic mass is 9.71. The van der Waals surface area contributed by atoms with E-state index in [1.807, 2.05) is 0 Å². The van der Waals surface area contributed by atoms with Crippen LogP contribution in [0.4, 0.5) is 0 Å². The Morgan fingerprint density at radius 2 is 2.06 bits per heavy atom. The molecule has 1 saturated carbocycles. The molecule has 2 aliphatic rings. The smallest absolute Gasteiger partial charge is 0.220 e. The second-order valence-corrected chi connectivity index (χ2v) is 5.57. The molecule has 2 rings (SSSR count). The summed E-state index contributed by atoms with van der Waals surface area (Å²) in [6, 6.07) is 0.223. The maximum atomic E-state index is 12.0. The SMILES string of the molecule is Cl.NCC1(CC(=O)NC2CCOC2)CCCCC1. The van der Waals surface area contributed by atoms with Gasteiger partial charge in [0, 0.05) is 13.0 Å². The number of rotatable bonds is 4. The number of nitrogens with two attached hydrogens (primary N) is 1. The molecule has 0 aromatic heterocycles. The minimum absolute atomic E-state index is 0. The van der Waals surface area contributed by atoms with Crippen LogP contribution in [0.2, 0.25) is 0 Å². The molecule has 2 fully saturated rings. The van der Waals surface area contributed by atoms with Crippen molar-refractivity contribution in [3.63, 3.8) is 0 Å². The summed E-state index contributed by atoms with van der Waals surface area (Å²) in [6.07, 6.45) is 7.49. The van der Waals surface area contributed by atoms with Gasteiger partial charge in [-0.1, -0.05) is 19.3 Å². The van der Waals surface area contributed by atoms with Crippen molar-refractivity contribution >= 4 is 18.3 Å². The largest absolute Gasteiger partial charge is 0.379 e. The Morgan fingerprint density at radius 3 is 2.61 bits per heavy atom. The van der Waals surface area contributed by atoms with Gasteiger partial charge in [0.25, 0.3) is 0 Å². The highest BCUT2D eigenvalue weighted by molar-refractivity contribution is 5.85. The van der Waals surface area contributed by atoms with E-state index in [-0.39, 0.29) is 29.8 Å². The Morgan fingerprint density at radius 1 is 1.33 bits per heavy atom. The normalized spacial score (nSPS) is 26.4. The third kappa shape index (κ3) is 4.11. The van der Waals surface area contributed by atoms with Crippen molar-refractivity contribution in [2.24, 2.45) is 11.1 Å². The fraction of sp³-hybridized carbons (Fsp3) is 0.923. The molecular weight excluding hydrogens is 252 g/mol. The van der Waals surface area contributed by atoms with E-state index in [0.717, 1.165) is 25.9 Å². The summed E-state index contributed by atoms with van der Waals surface area (Å²) < 4.78 is 5.26. The van der Waals surface area contributed by atoms with Crippen molar-refractivity contribution in [2.75, 3.05) is 19.8 Å². The number of hydrogen-bond donors (Lipinski definition) is 2. The quantitative estimate of drug-likeness (QED) is 0.820. The Labute approximate surface area is 115 Å². The molecular formula is C13H25ClN2O2. The zero-order chi connectivity index (χ0) is 12.1. The lowest BCUT2D eigenvalue weighted by molar-refractivity contribution is -0.124. The van der Waals surface area contributed by atoms with Gasteiger partial charge in [-0.25, -0.2) is 0 Å². The number of carbonyl (C=O) groups excluding carboxylic acids is 1. The lowest BCUT2D eigenvalue weighted by Crippen LogP contribution is -2.42. The fourth-order valence-corrected chi connectivity index (χ4v) is 3.02. The number of ether oxygens (including phenoxy) is 1. The van der Waals surface area contributed by atoms with Gasteiger partial charge in [-0.3, -0.25) is 4.79 Å². The van der Waals surface area contributed by atoms with E-state index in [9.17, 15) is 4.79 Å². The van der Waals surface area contributed by atoms with Gasteiger partial charge in [-0.2, -0.15) is 0 Å². The van der Waals surface area contributed by atoms with Crippen molar-refractivity contribution < 1.29 is 9.53 Å². The summed E-state index contributed by atoms with van der Waals surface area (Å²) in [5, 5.41) is 3.07. The first-order valence-electron chi connectivity index (χ1n) is 6.81. The van der Waals surface area contributed by atoms with E-state index >= 15 is 0 Å². The van der Waals surface area contributed by atoms with Crippen molar-refractivity contribution in [3.8, 4) is 0 Å². The van der Waals surface area contributed by atoms with Gasteiger partial charge < -0.3 is 15.8 Å². The van der Waals surface area contributed by atoms with Crippen LogP contribution in [0.1, 0.15) is 44.9 Å². The highest BCUT2D eigenvalue weighted by atomic mass is 35.5. The van der Waals surface area contributed by atoms with Gasteiger partial charge in [0.2, 0.25) is 5.91 Å². The average molecular weight is 277 g/mol. The maximum absolute atomic E-state index is 12.0. The number of halogens is 1. The molecule has 0 radical (unpaired) electrons. The summed E-state index contributed by atoms with van der Waals surface area (Å²) in [5.74, 6) is 0.160. The molecule has 0 aromatic carbocycles. The van der Waals surface area contributed by atoms with Crippen LogP contribution >= 0.6 is 12.4 Å². The van der Waals surface area contributed by atoms with E-state index in [4.69, 9.17) is 10.5 Å². The topological polar surface area (TPSA) is 64.4 Å². The summed E-state index contributed by atoms with van der Waals surface area (Å²) in [6.45, 7) is 2.08. The van der Waals surface area contributed by atoms with Crippen LogP contribution < -0.4 is 11.1 Å². The Bertz CT molecular complexity index is 262. The van der Waals surface area contributed by atoms with E-state index in [0.29, 0.717) is 19.6 Å². The van der Waals surface area contributed by atoms with Crippen LogP contribution in [-0.4, -0.2) is 31.7 Å². The van der Waals surface area contributed by atoms with E-state index < -0.39 is 0 Å². The van der Waals surface area contributed by atoms with Gasteiger partial charge >= 0.3 is 0 Å². The standard InChI is InChI=1S/C13H24N2O2.ClH/c14-10-13(5-2-1-3-6-13)8-12(16)15-11-4-7-17-9-11;/h11H,1-10,14H2,(H,15,16);1H. The first-order valence-corrected chi connectivity index (χ1v) is 6.81. The molecule has 0 bridgehead atoms.